The predicted octanol–water partition coefficient (Wildman–Crippen LogP) is 2.38. The summed E-state index contributed by atoms with van der Waals surface area (Å²) in [4.78, 5) is 22.6. The molecule has 27 heavy (non-hydrogen) atoms. The Morgan fingerprint density at radius 3 is 2.70 bits per heavy atom. The van der Waals surface area contributed by atoms with E-state index in [1.165, 1.54) is 0 Å². The topological polar surface area (TPSA) is 88.1 Å². The van der Waals surface area contributed by atoms with Crippen molar-refractivity contribution in [1.29, 1.82) is 0 Å². The first kappa shape index (κ1) is 23.3. The summed E-state index contributed by atoms with van der Waals surface area (Å²) < 4.78 is 10.4. The van der Waals surface area contributed by atoms with Crippen molar-refractivity contribution in [3.8, 4) is 5.88 Å². The number of guanidine groups is 1. The molecule has 1 amide bonds. The zero-order valence-electron chi connectivity index (χ0n) is 16.6. The highest BCUT2D eigenvalue weighted by molar-refractivity contribution is 14.0. The van der Waals surface area contributed by atoms with Crippen LogP contribution in [0.25, 0.3) is 0 Å². The number of methoxy groups -OCH3 is 1. The zero-order valence-corrected chi connectivity index (χ0v) is 18.9. The standard InChI is InChI=1S/C18H29N5O3.HI/c1-18(2,3)26-17(24)22-14-8-9-23(12-14)16(19-4)21-11-13-6-7-15(25-5)20-10-13;/h6-7,10,14H,8-9,11-12H2,1-5H3,(H,19,21)(H,22,24);1H. The molecular weight excluding hydrogens is 461 g/mol. The lowest BCUT2D eigenvalue weighted by molar-refractivity contribution is 0.0507. The first-order valence-electron chi connectivity index (χ1n) is 8.75. The fourth-order valence-electron chi connectivity index (χ4n) is 2.69. The van der Waals surface area contributed by atoms with Gasteiger partial charge >= 0.3 is 6.09 Å². The highest BCUT2D eigenvalue weighted by atomic mass is 127. The van der Waals surface area contributed by atoms with E-state index >= 15 is 0 Å². The van der Waals surface area contributed by atoms with Crippen LogP contribution in [0.5, 0.6) is 5.88 Å². The van der Waals surface area contributed by atoms with Crippen LogP contribution in [-0.4, -0.2) is 60.8 Å². The Morgan fingerprint density at radius 1 is 1.41 bits per heavy atom. The number of aliphatic imine (C=N–C) groups is 1. The molecule has 2 N–H and O–H groups in total. The quantitative estimate of drug-likeness (QED) is 0.382. The predicted molar refractivity (Wildman–Crippen MR) is 116 cm³/mol. The Morgan fingerprint density at radius 2 is 2.15 bits per heavy atom. The van der Waals surface area contributed by atoms with Crippen molar-refractivity contribution in [2.75, 3.05) is 27.2 Å². The van der Waals surface area contributed by atoms with E-state index in [4.69, 9.17) is 9.47 Å². The summed E-state index contributed by atoms with van der Waals surface area (Å²) in [6, 6.07) is 3.84. The second kappa shape index (κ2) is 10.5. The zero-order chi connectivity index (χ0) is 19.2. The van der Waals surface area contributed by atoms with E-state index < -0.39 is 5.60 Å². The fraction of sp³-hybridized carbons (Fsp3) is 0.611. The number of alkyl carbamates (subject to hydrolysis) is 1. The van der Waals surface area contributed by atoms with Gasteiger partial charge in [-0.3, -0.25) is 4.99 Å². The molecule has 0 aliphatic carbocycles. The number of halogens is 1. The van der Waals surface area contributed by atoms with Crippen LogP contribution in [0.2, 0.25) is 0 Å². The number of likely N-dealkylation sites (tertiary alicyclic amines) is 1. The Kier molecular flexibility index (Phi) is 9.07. The SMILES string of the molecule is CN=C(NCc1ccc(OC)nc1)N1CCC(NC(=O)OC(C)(C)C)C1.I. The van der Waals surface area contributed by atoms with E-state index in [0.717, 1.165) is 24.5 Å². The van der Waals surface area contributed by atoms with Crippen LogP contribution in [0, 0.1) is 0 Å². The summed E-state index contributed by atoms with van der Waals surface area (Å²) >= 11 is 0. The van der Waals surface area contributed by atoms with Crippen LogP contribution in [0.3, 0.4) is 0 Å². The fourth-order valence-corrected chi connectivity index (χ4v) is 2.69. The molecule has 1 aromatic rings. The molecule has 1 fully saturated rings. The normalized spacial score (nSPS) is 17.1. The number of aromatic nitrogens is 1. The number of ether oxygens (including phenoxy) is 2. The molecule has 2 heterocycles. The monoisotopic (exact) mass is 491 g/mol. The summed E-state index contributed by atoms with van der Waals surface area (Å²) in [5, 5.41) is 6.25. The van der Waals surface area contributed by atoms with E-state index in [1.807, 2.05) is 32.9 Å². The number of amides is 1. The van der Waals surface area contributed by atoms with Gasteiger partial charge in [-0.25, -0.2) is 9.78 Å². The van der Waals surface area contributed by atoms with Gasteiger partial charge in [0.2, 0.25) is 5.88 Å². The van der Waals surface area contributed by atoms with Crippen molar-refractivity contribution >= 4 is 36.0 Å². The molecule has 0 bridgehead atoms. The lowest BCUT2D eigenvalue weighted by Crippen LogP contribution is -2.44. The van der Waals surface area contributed by atoms with Crippen LogP contribution >= 0.6 is 24.0 Å². The average molecular weight is 491 g/mol. The van der Waals surface area contributed by atoms with Gasteiger partial charge in [-0.15, -0.1) is 24.0 Å². The Bertz CT molecular complexity index is 631. The number of hydrogen-bond donors (Lipinski definition) is 2. The van der Waals surface area contributed by atoms with Crippen molar-refractivity contribution in [2.24, 2.45) is 4.99 Å². The molecule has 8 nitrogen and oxygen atoms in total. The molecule has 1 atom stereocenters. The highest BCUT2D eigenvalue weighted by Crippen LogP contribution is 2.12. The number of pyridine rings is 1. The molecule has 0 aromatic carbocycles. The van der Waals surface area contributed by atoms with Crippen LogP contribution in [-0.2, 0) is 11.3 Å². The molecule has 1 aliphatic heterocycles. The van der Waals surface area contributed by atoms with E-state index in [1.54, 1.807) is 20.4 Å². The van der Waals surface area contributed by atoms with Crippen molar-refractivity contribution in [3.05, 3.63) is 23.9 Å². The second-order valence-corrected chi connectivity index (χ2v) is 7.19. The lowest BCUT2D eigenvalue weighted by atomic mass is 10.2. The minimum atomic E-state index is -0.494. The summed E-state index contributed by atoms with van der Waals surface area (Å²) in [6.45, 7) is 7.69. The summed E-state index contributed by atoms with van der Waals surface area (Å²) in [5.41, 5.74) is 0.543. The molecule has 152 valence electrons. The Hall–Kier alpha value is -1.78. The smallest absolute Gasteiger partial charge is 0.407 e. The van der Waals surface area contributed by atoms with Gasteiger partial charge in [0.15, 0.2) is 5.96 Å². The molecule has 0 spiro atoms. The minimum absolute atomic E-state index is 0. The maximum atomic E-state index is 11.9. The lowest BCUT2D eigenvalue weighted by Gasteiger charge is -2.23. The maximum Gasteiger partial charge on any atom is 0.407 e. The first-order chi connectivity index (χ1) is 12.3. The van der Waals surface area contributed by atoms with Crippen molar-refractivity contribution in [1.82, 2.24) is 20.5 Å². The van der Waals surface area contributed by atoms with Gasteiger partial charge in [0, 0.05) is 38.9 Å². The molecule has 0 radical (unpaired) electrons. The maximum absolute atomic E-state index is 11.9. The second-order valence-electron chi connectivity index (χ2n) is 7.19. The van der Waals surface area contributed by atoms with E-state index in [-0.39, 0.29) is 36.1 Å². The molecule has 9 heteroatoms. The summed E-state index contributed by atoms with van der Waals surface area (Å²) in [5.74, 6) is 1.39. The average Bonchev–Trinajstić information content (AvgIpc) is 3.02. The summed E-state index contributed by atoms with van der Waals surface area (Å²) in [7, 11) is 3.35. The Labute approximate surface area is 178 Å². The van der Waals surface area contributed by atoms with Crippen molar-refractivity contribution in [3.63, 3.8) is 0 Å². The third-order valence-electron chi connectivity index (χ3n) is 3.88. The number of hydrogen-bond acceptors (Lipinski definition) is 5. The number of carbonyl (C=O) groups excluding carboxylic acids is 1. The van der Waals surface area contributed by atoms with Gasteiger partial charge in [0.25, 0.3) is 0 Å². The van der Waals surface area contributed by atoms with Crippen molar-refractivity contribution in [2.45, 2.75) is 45.4 Å². The van der Waals surface area contributed by atoms with E-state index in [0.29, 0.717) is 19.0 Å². The molecule has 1 unspecified atom stereocenters. The molecule has 2 rings (SSSR count). The third kappa shape index (κ3) is 7.77. The van der Waals surface area contributed by atoms with Crippen LogP contribution in [0.15, 0.2) is 23.3 Å². The molecule has 0 saturated carbocycles. The number of carbonyl (C=O) groups is 1. The largest absolute Gasteiger partial charge is 0.481 e. The van der Waals surface area contributed by atoms with Gasteiger partial charge in [0.05, 0.1) is 13.2 Å². The molecule has 1 aliphatic rings. The Balaban J connectivity index is 0.00000364. The van der Waals surface area contributed by atoms with Gasteiger partial charge in [0.1, 0.15) is 5.60 Å². The molecular formula is C18H30IN5O3. The van der Waals surface area contributed by atoms with Crippen molar-refractivity contribution < 1.29 is 14.3 Å². The summed E-state index contributed by atoms with van der Waals surface area (Å²) in [6.07, 6.45) is 2.25. The van der Waals surface area contributed by atoms with E-state index in [9.17, 15) is 4.79 Å². The molecule has 1 aromatic heterocycles. The van der Waals surface area contributed by atoms with Crippen LogP contribution < -0.4 is 15.4 Å². The van der Waals surface area contributed by atoms with Gasteiger partial charge in [-0.1, -0.05) is 6.07 Å². The third-order valence-corrected chi connectivity index (χ3v) is 3.88. The number of nitrogens with one attached hydrogen (secondary N) is 2. The van der Waals surface area contributed by atoms with Crippen LogP contribution in [0.1, 0.15) is 32.8 Å². The molecule has 1 saturated heterocycles. The van der Waals surface area contributed by atoms with E-state index in [2.05, 4.69) is 25.5 Å². The van der Waals surface area contributed by atoms with Gasteiger partial charge in [-0.2, -0.15) is 0 Å². The highest BCUT2D eigenvalue weighted by Gasteiger charge is 2.27. The first-order valence-corrected chi connectivity index (χ1v) is 8.75. The van der Waals surface area contributed by atoms with Gasteiger partial charge < -0.3 is 25.0 Å². The number of rotatable bonds is 4. The number of nitrogens with zero attached hydrogens (tertiary/aromatic N) is 3. The minimum Gasteiger partial charge on any atom is -0.481 e. The van der Waals surface area contributed by atoms with Gasteiger partial charge in [-0.05, 0) is 32.8 Å². The van der Waals surface area contributed by atoms with Crippen LogP contribution in [0.4, 0.5) is 4.79 Å².